The number of aromatic nitrogens is 2. The lowest BCUT2D eigenvalue weighted by molar-refractivity contribution is 0.515. The van der Waals surface area contributed by atoms with E-state index in [1.165, 1.54) is 0 Å². The number of nitrogens with one attached hydrogen (secondary N) is 1. The molecule has 0 amide bonds. The van der Waals surface area contributed by atoms with Crippen LogP contribution in [0.2, 0.25) is 0 Å². The summed E-state index contributed by atoms with van der Waals surface area (Å²) in [6.45, 7) is 8.23. The molecule has 0 fully saturated rings. The van der Waals surface area contributed by atoms with Gasteiger partial charge >= 0.3 is 0 Å². The summed E-state index contributed by atoms with van der Waals surface area (Å²) >= 11 is 0. The van der Waals surface area contributed by atoms with Crippen molar-refractivity contribution in [3.8, 4) is 0 Å². The van der Waals surface area contributed by atoms with Crippen molar-refractivity contribution in [3.05, 3.63) is 21.6 Å². The third-order valence-electron chi connectivity index (χ3n) is 2.31. The van der Waals surface area contributed by atoms with Crippen molar-refractivity contribution in [2.24, 2.45) is 0 Å². The van der Waals surface area contributed by atoms with Crippen LogP contribution in [0.25, 0.3) is 0 Å². The fourth-order valence-electron chi connectivity index (χ4n) is 1.63. The lowest BCUT2D eigenvalue weighted by atomic mass is 10.1. The van der Waals surface area contributed by atoms with Gasteiger partial charge in [-0.2, -0.15) is 0 Å². The Labute approximate surface area is 78.8 Å². The van der Waals surface area contributed by atoms with Gasteiger partial charge in [0.25, 0.3) is 5.56 Å². The molecule has 0 radical (unpaired) electrons. The van der Waals surface area contributed by atoms with Crippen molar-refractivity contribution in [2.45, 2.75) is 46.6 Å². The van der Waals surface area contributed by atoms with Gasteiger partial charge in [-0.1, -0.05) is 13.3 Å². The van der Waals surface area contributed by atoms with Crippen LogP contribution in [0.4, 0.5) is 0 Å². The molecular weight excluding hydrogens is 164 g/mol. The quantitative estimate of drug-likeness (QED) is 0.763. The van der Waals surface area contributed by atoms with Gasteiger partial charge < -0.3 is 0 Å². The number of nitrogens with zero attached hydrogens (tertiary/aromatic N) is 1. The fourth-order valence-corrected chi connectivity index (χ4v) is 1.63. The molecule has 0 aromatic carbocycles. The normalized spacial score (nSPS) is 11.2. The fraction of sp³-hybridized carbons (Fsp3) is 0.700. The van der Waals surface area contributed by atoms with E-state index in [2.05, 4.69) is 25.9 Å². The van der Waals surface area contributed by atoms with E-state index >= 15 is 0 Å². The highest BCUT2D eigenvalue weighted by molar-refractivity contribution is 5.16. The number of hydrogen-bond acceptors (Lipinski definition) is 1. The molecule has 0 bridgehead atoms. The van der Waals surface area contributed by atoms with Gasteiger partial charge in [-0.05, 0) is 27.2 Å². The minimum absolute atomic E-state index is 0.0769. The second kappa shape index (κ2) is 3.81. The molecule has 1 rings (SSSR count). The molecule has 0 aliphatic rings. The van der Waals surface area contributed by atoms with Crippen LogP contribution < -0.4 is 5.56 Å². The summed E-state index contributed by atoms with van der Waals surface area (Å²) in [6.07, 6.45) is 1.90. The average Bonchev–Trinajstić information content (AvgIpc) is 2.32. The molecule has 0 aliphatic heterocycles. The van der Waals surface area contributed by atoms with Gasteiger partial charge in [0.05, 0.1) is 0 Å². The second-order valence-electron chi connectivity index (χ2n) is 3.72. The Morgan fingerprint density at radius 2 is 2.08 bits per heavy atom. The molecule has 13 heavy (non-hydrogen) atoms. The van der Waals surface area contributed by atoms with Crippen LogP contribution in [0, 0.1) is 6.92 Å². The first kappa shape index (κ1) is 10.1. The van der Waals surface area contributed by atoms with Crippen molar-refractivity contribution >= 4 is 0 Å². The van der Waals surface area contributed by atoms with Gasteiger partial charge in [-0.25, -0.2) is 0 Å². The van der Waals surface area contributed by atoms with Crippen LogP contribution in [0.15, 0.2) is 4.79 Å². The first-order chi connectivity index (χ1) is 6.07. The number of H-pyrrole nitrogens is 1. The highest BCUT2D eigenvalue weighted by Crippen LogP contribution is 2.10. The first-order valence-corrected chi connectivity index (χ1v) is 4.87. The molecule has 0 atom stereocenters. The van der Waals surface area contributed by atoms with Gasteiger partial charge in [-0.15, -0.1) is 0 Å². The minimum atomic E-state index is 0.0769. The summed E-state index contributed by atoms with van der Waals surface area (Å²) in [5.41, 5.74) is 2.10. The molecule has 0 saturated heterocycles. The molecule has 3 nitrogen and oxygen atoms in total. The third kappa shape index (κ3) is 1.85. The average molecular weight is 182 g/mol. The van der Waals surface area contributed by atoms with Crippen molar-refractivity contribution in [3.63, 3.8) is 0 Å². The van der Waals surface area contributed by atoms with E-state index in [9.17, 15) is 4.79 Å². The van der Waals surface area contributed by atoms with Gasteiger partial charge in [-0.3, -0.25) is 14.6 Å². The van der Waals surface area contributed by atoms with E-state index < -0.39 is 0 Å². The largest absolute Gasteiger partial charge is 0.287 e. The smallest absolute Gasteiger partial charge is 0.267 e. The minimum Gasteiger partial charge on any atom is -0.287 e. The van der Waals surface area contributed by atoms with Crippen molar-refractivity contribution in [1.29, 1.82) is 0 Å². The Hall–Kier alpha value is -0.990. The monoisotopic (exact) mass is 182 g/mol. The molecule has 3 heteroatoms. The predicted octanol–water partition coefficient (Wildman–Crippen LogP) is 2.02. The number of hydrogen-bond donors (Lipinski definition) is 1. The summed E-state index contributed by atoms with van der Waals surface area (Å²) < 4.78 is 1.94. The highest BCUT2D eigenvalue weighted by atomic mass is 16.1. The maximum Gasteiger partial charge on any atom is 0.267 e. The molecule has 1 N–H and O–H groups in total. The SMILES string of the molecule is CCCc1c(C)n(C(C)C)[nH]c1=O. The maximum atomic E-state index is 11.5. The molecule has 74 valence electrons. The third-order valence-corrected chi connectivity index (χ3v) is 2.31. The van der Waals surface area contributed by atoms with Crippen LogP contribution in [-0.4, -0.2) is 9.78 Å². The van der Waals surface area contributed by atoms with E-state index in [0.29, 0.717) is 6.04 Å². The molecular formula is C10H18N2O. The van der Waals surface area contributed by atoms with E-state index in [4.69, 9.17) is 0 Å². The highest BCUT2D eigenvalue weighted by Gasteiger charge is 2.10. The number of rotatable bonds is 3. The van der Waals surface area contributed by atoms with Crippen molar-refractivity contribution < 1.29 is 0 Å². The predicted molar refractivity (Wildman–Crippen MR) is 54.2 cm³/mol. The Bertz CT molecular complexity index is 333. The van der Waals surface area contributed by atoms with Gasteiger partial charge in [0, 0.05) is 17.3 Å². The van der Waals surface area contributed by atoms with Gasteiger partial charge in [0.15, 0.2) is 0 Å². The topological polar surface area (TPSA) is 37.8 Å². The standard InChI is InChI=1S/C10H18N2O/c1-5-6-9-8(4)12(7(2)3)11-10(9)13/h7H,5-6H2,1-4H3,(H,11,13). The maximum absolute atomic E-state index is 11.5. The first-order valence-electron chi connectivity index (χ1n) is 4.87. The summed E-state index contributed by atoms with van der Waals surface area (Å²) in [7, 11) is 0. The molecule has 0 aliphatic carbocycles. The zero-order valence-corrected chi connectivity index (χ0v) is 8.85. The Morgan fingerprint density at radius 3 is 2.46 bits per heavy atom. The van der Waals surface area contributed by atoms with Gasteiger partial charge in [0.1, 0.15) is 0 Å². The Balaban J connectivity index is 3.15. The molecule has 0 spiro atoms. The summed E-state index contributed by atoms with van der Waals surface area (Å²) in [5, 5.41) is 2.86. The summed E-state index contributed by atoms with van der Waals surface area (Å²) in [5.74, 6) is 0. The van der Waals surface area contributed by atoms with Gasteiger partial charge in [0.2, 0.25) is 0 Å². The zero-order valence-electron chi connectivity index (χ0n) is 8.85. The number of aromatic amines is 1. The Morgan fingerprint density at radius 1 is 1.46 bits per heavy atom. The van der Waals surface area contributed by atoms with Crippen LogP contribution in [-0.2, 0) is 6.42 Å². The molecule has 0 saturated carbocycles. The van der Waals surface area contributed by atoms with Crippen LogP contribution in [0.5, 0.6) is 0 Å². The van der Waals surface area contributed by atoms with Crippen molar-refractivity contribution in [2.75, 3.05) is 0 Å². The molecule has 1 heterocycles. The van der Waals surface area contributed by atoms with Crippen LogP contribution >= 0.6 is 0 Å². The van der Waals surface area contributed by atoms with E-state index in [0.717, 1.165) is 24.1 Å². The summed E-state index contributed by atoms with van der Waals surface area (Å²) in [4.78, 5) is 11.5. The molecule has 0 unspecified atom stereocenters. The summed E-state index contributed by atoms with van der Waals surface area (Å²) in [6, 6.07) is 0.332. The van der Waals surface area contributed by atoms with E-state index in [-0.39, 0.29) is 5.56 Å². The lowest BCUT2D eigenvalue weighted by Gasteiger charge is -2.09. The van der Waals surface area contributed by atoms with Crippen LogP contribution in [0.1, 0.15) is 44.5 Å². The second-order valence-corrected chi connectivity index (χ2v) is 3.72. The van der Waals surface area contributed by atoms with Crippen LogP contribution in [0.3, 0.4) is 0 Å². The zero-order chi connectivity index (χ0) is 10.0. The Kier molecular flexibility index (Phi) is 2.96. The lowest BCUT2D eigenvalue weighted by Crippen LogP contribution is -2.09. The van der Waals surface area contributed by atoms with Crippen molar-refractivity contribution in [1.82, 2.24) is 9.78 Å². The van der Waals surface area contributed by atoms with E-state index in [1.54, 1.807) is 0 Å². The molecule has 1 aromatic heterocycles. The van der Waals surface area contributed by atoms with E-state index in [1.807, 2.05) is 11.6 Å². The molecule has 1 aromatic rings.